The average Bonchev–Trinajstić information content (AvgIpc) is 2.61. The number of hydrogen-bond donors (Lipinski definition) is 1. The first kappa shape index (κ1) is 14.8. The van der Waals surface area contributed by atoms with Crippen LogP contribution in [0.1, 0.15) is 51.9 Å². The highest BCUT2D eigenvalue weighted by Gasteiger charge is 2.45. The monoisotopic (exact) mass is 268 g/mol. The van der Waals surface area contributed by atoms with E-state index < -0.39 is 5.54 Å². The van der Waals surface area contributed by atoms with E-state index in [4.69, 9.17) is 4.74 Å². The summed E-state index contributed by atoms with van der Waals surface area (Å²) in [6, 6.07) is 0.485. The highest BCUT2D eigenvalue weighted by Crippen LogP contribution is 2.26. The average molecular weight is 268 g/mol. The normalized spacial score (nSPS) is 30.2. The van der Waals surface area contributed by atoms with Crippen LogP contribution >= 0.6 is 0 Å². The zero-order valence-electron chi connectivity index (χ0n) is 12.4. The Labute approximate surface area is 116 Å². The van der Waals surface area contributed by atoms with E-state index in [1.807, 2.05) is 6.92 Å². The van der Waals surface area contributed by atoms with Crippen molar-refractivity contribution in [1.29, 1.82) is 0 Å². The van der Waals surface area contributed by atoms with Gasteiger partial charge in [0.15, 0.2) is 0 Å². The lowest BCUT2D eigenvalue weighted by Gasteiger charge is -2.32. The number of ether oxygens (including phenoxy) is 1. The Morgan fingerprint density at radius 2 is 2.00 bits per heavy atom. The third-order valence-electron chi connectivity index (χ3n) is 4.46. The van der Waals surface area contributed by atoms with Crippen molar-refractivity contribution in [1.82, 2.24) is 10.2 Å². The number of nitrogens with zero attached hydrogens (tertiary/aromatic N) is 1. The lowest BCUT2D eigenvalue weighted by atomic mass is 9.95. The van der Waals surface area contributed by atoms with Crippen molar-refractivity contribution in [3.8, 4) is 0 Å². The van der Waals surface area contributed by atoms with Crippen molar-refractivity contribution in [2.75, 3.05) is 26.7 Å². The van der Waals surface area contributed by atoms with E-state index in [0.717, 1.165) is 19.5 Å². The molecule has 1 saturated carbocycles. The van der Waals surface area contributed by atoms with Gasteiger partial charge in [-0.3, -0.25) is 5.32 Å². The topological polar surface area (TPSA) is 41.6 Å². The Balaban J connectivity index is 2.02. The molecule has 19 heavy (non-hydrogen) atoms. The smallest absolute Gasteiger partial charge is 0.327 e. The van der Waals surface area contributed by atoms with E-state index >= 15 is 0 Å². The lowest BCUT2D eigenvalue weighted by molar-refractivity contribution is -0.151. The highest BCUT2D eigenvalue weighted by molar-refractivity contribution is 5.81. The highest BCUT2D eigenvalue weighted by atomic mass is 16.5. The molecule has 0 bridgehead atoms. The van der Waals surface area contributed by atoms with Crippen molar-refractivity contribution in [3.63, 3.8) is 0 Å². The summed E-state index contributed by atoms with van der Waals surface area (Å²) in [5.74, 6) is -0.0522. The molecule has 1 heterocycles. The van der Waals surface area contributed by atoms with Crippen LogP contribution in [0, 0.1) is 0 Å². The summed E-state index contributed by atoms with van der Waals surface area (Å²) in [6.07, 6.45) is 8.52. The second-order valence-corrected chi connectivity index (χ2v) is 6.12. The molecule has 2 aliphatic rings. The van der Waals surface area contributed by atoms with Crippen LogP contribution in [0.4, 0.5) is 0 Å². The van der Waals surface area contributed by atoms with Crippen molar-refractivity contribution in [3.05, 3.63) is 0 Å². The number of rotatable bonds is 4. The summed E-state index contributed by atoms with van der Waals surface area (Å²) in [5.41, 5.74) is -0.459. The predicted octanol–water partition coefficient (Wildman–Crippen LogP) is 1.94. The minimum atomic E-state index is -0.459. The summed E-state index contributed by atoms with van der Waals surface area (Å²) in [7, 11) is 2.08. The van der Waals surface area contributed by atoms with Crippen molar-refractivity contribution < 1.29 is 9.53 Å². The zero-order chi connectivity index (χ0) is 13.7. The Hall–Kier alpha value is -0.610. The summed E-state index contributed by atoms with van der Waals surface area (Å²) >= 11 is 0. The third-order valence-corrected chi connectivity index (χ3v) is 4.46. The second-order valence-electron chi connectivity index (χ2n) is 6.12. The summed E-state index contributed by atoms with van der Waals surface area (Å²) in [6.45, 7) is 4.10. The van der Waals surface area contributed by atoms with Crippen LogP contribution in [0.2, 0.25) is 0 Å². The molecule has 1 saturated heterocycles. The number of likely N-dealkylation sites (N-methyl/N-ethyl adjacent to an activating group) is 1. The number of carbonyl (C=O) groups is 1. The van der Waals surface area contributed by atoms with Gasteiger partial charge >= 0.3 is 5.97 Å². The van der Waals surface area contributed by atoms with Crippen LogP contribution < -0.4 is 5.32 Å². The number of carbonyl (C=O) groups excluding carboxylic acids is 1. The maximum absolute atomic E-state index is 12.4. The number of nitrogens with one attached hydrogen (secondary N) is 1. The molecule has 1 N–H and O–H groups in total. The molecule has 2 rings (SSSR count). The molecular formula is C15H28N2O2. The molecule has 0 aromatic heterocycles. The summed E-state index contributed by atoms with van der Waals surface area (Å²) < 4.78 is 5.32. The van der Waals surface area contributed by atoms with E-state index in [2.05, 4.69) is 17.3 Å². The van der Waals surface area contributed by atoms with Crippen molar-refractivity contribution in [2.24, 2.45) is 0 Å². The van der Waals surface area contributed by atoms with E-state index in [-0.39, 0.29) is 5.97 Å². The fourth-order valence-electron chi connectivity index (χ4n) is 3.43. The second kappa shape index (κ2) is 6.71. The van der Waals surface area contributed by atoms with Crippen molar-refractivity contribution >= 4 is 5.97 Å². The van der Waals surface area contributed by atoms with Gasteiger partial charge in [0, 0.05) is 19.1 Å². The molecule has 4 nitrogen and oxygen atoms in total. The minimum absolute atomic E-state index is 0.0522. The fourth-order valence-corrected chi connectivity index (χ4v) is 3.43. The van der Waals surface area contributed by atoms with Crippen LogP contribution in [-0.2, 0) is 9.53 Å². The number of esters is 1. The van der Waals surface area contributed by atoms with Crippen molar-refractivity contribution in [2.45, 2.75) is 63.5 Å². The number of likely N-dealkylation sites (tertiary alicyclic amines) is 1. The largest absolute Gasteiger partial charge is 0.465 e. The van der Waals surface area contributed by atoms with E-state index in [1.165, 1.54) is 38.5 Å². The Morgan fingerprint density at radius 1 is 1.32 bits per heavy atom. The first-order chi connectivity index (χ1) is 9.16. The van der Waals surface area contributed by atoms with Gasteiger partial charge in [0.05, 0.1) is 6.61 Å². The summed E-state index contributed by atoms with van der Waals surface area (Å²) in [4.78, 5) is 14.6. The van der Waals surface area contributed by atoms with E-state index in [9.17, 15) is 4.79 Å². The number of hydrogen-bond acceptors (Lipinski definition) is 4. The van der Waals surface area contributed by atoms with Crippen LogP contribution in [0.15, 0.2) is 0 Å². The van der Waals surface area contributed by atoms with Gasteiger partial charge in [-0.1, -0.05) is 25.7 Å². The van der Waals surface area contributed by atoms with Crippen LogP contribution in [-0.4, -0.2) is 49.2 Å². The van der Waals surface area contributed by atoms with Crippen LogP contribution in [0.3, 0.4) is 0 Å². The molecule has 0 aromatic carbocycles. The molecule has 1 aliphatic carbocycles. The third kappa shape index (κ3) is 3.69. The molecule has 0 radical (unpaired) electrons. The SMILES string of the molecule is CCOC(=O)C1(NC2CCCCCC2)CCN(C)C1. The first-order valence-electron chi connectivity index (χ1n) is 7.80. The maximum atomic E-state index is 12.4. The lowest BCUT2D eigenvalue weighted by Crippen LogP contribution is -2.58. The molecule has 1 atom stereocenters. The van der Waals surface area contributed by atoms with Gasteiger partial charge in [-0.15, -0.1) is 0 Å². The predicted molar refractivity (Wildman–Crippen MR) is 76.1 cm³/mol. The maximum Gasteiger partial charge on any atom is 0.327 e. The van der Waals surface area contributed by atoms with Gasteiger partial charge < -0.3 is 9.64 Å². The van der Waals surface area contributed by atoms with Gasteiger partial charge in [-0.25, -0.2) is 4.79 Å². The Bertz CT molecular complexity index is 301. The molecule has 1 aliphatic heterocycles. The zero-order valence-corrected chi connectivity index (χ0v) is 12.4. The first-order valence-corrected chi connectivity index (χ1v) is 7.80. The molecule has 110 valence electrons. The standard InChI is InChI=1S/C15H28N2O2/c1-3-19-14(18)15(10-11-17(2)12-15)16-13-8-6-4-5-7-9-13/h13,16H,3-12H2,1-2H3. The molecule has 0 spiro atoms. The van der Waals surface area contributed by atoms with Crippen LogP contribution in [0.5, 0.6) is 0 Å². The fraction of sp³-hybridized carbons (Fsp3) is 0.933. The molecule has 0 aromatic rings. The minimum Gasteiger partial charge on any atom is -0.465 e. The summed E-state index contributed by atoms with van der Waals surface area (Å²) in [5, 5.41) is 3.67. The molecular weight excluding hydrogens is 240 g/mol. The van der Waals surface area contributed by atoms with E-state index in [1.54, 1.807) is 0 Å². The van der Waals surface area contributed by atoms with Crippen LogP contribution in [0.25, 0.3) is 0 Å². The molecule has 1 unspecified atom stereocenters. The van der Waals surface area contributed by atoms with E-state index in [0.29, 0.717) is 12.6 Å². The van der Waals surface area contributed by atoms with Gasteiger partial charge in [0.2, 0.25) is 0 Å². The Morgan fingerprint density at radius 3 is 2.53 bits per heavy atom. The molecule has 0 amide bonds. The van der Waals surface area contributed by atoms with Gasteiger partial charge in [-0.05, 0) is 33.2 Å². The van der Waals surface area contributed by atoms with Gasteiger partial charge in [0.1, 0.15) is 5.54 Å². The quantitative estimate of drug-likeness (QED) is 0.625. The molecule has 4 heteroatoms. The van der Waals surface area contributed by atoms with Gasteiger partial charge in [-0.2, -0.15) is 0 Å². The van der Waals surface area contributed by atoms with Gasteiger partial charge in [0.25, 0.3) is 0 Å². The molecule has 2 fully saturated rings. The Kier molecular flexibility index (Phi) is 5.22.